The van der Waals surface area contributed by atoms with E-state index in [4.69, 9.17) is 5.73 Å². The molecule has 94 valence electrons. The van der Waals surface area contributed by atoms with Crippen LogP contribution in [0.15, 0.2) is 34.9 Å². The lowest BCUT2D eigenvalue weighted by atomic mass is 10.2. The van der Waals surface area contributed by atoms with E-state index in [2.05, 4.69) is 25.9 Å². The predicted molar refractivity (Wildman–Crippen MR) is 68.0 cm³/mol. The van der Waals surface area contributed by atoms with Crippen molar-refractivity contribution in [1.82, 2.24) is 9.97 Å². The van der Waals surface area contributed by atoms with E-state index < -0.39 is 6.43 Å². The fraction of sp³-hybridized carbons (Fsp3) is 0.167. The van der Waals surface area contributed by atoms with Crippen LogP contribution in [-0.2, 0) is 6.54 Å². The Balaban J connectivity index is 2.46. The van der Waals surface area contributed by atoms with Gasteiger partial charge in [0.05, 0.1) is 0 Å². The second-order valence-corrected chi connectivity index (χ2v) is 4.53. The van der Waals surface area contributed by atoms with Crippen LogP contribution in [0.5, 0.6) is 0 Å². The van der Waals surface area contributed by atoms with Gasteiger partial charge in [0.15, 0.2) is 5.82 Å². The van der Waals surface area contributed by atoms with E-state index in [-0.39, 0.29) is 23.6 Å². The highest BCUT2D eigenvalue weighted by molar-refractivity contribution is 9.10. The van der Waals surface area contributed by atoms with Crippen molar-refractivity contribution in [2.45, 2.75) is 13.0 Å². The fourth-order valence-electron chi connectivity index (χ4n) is 1.50. The summed E-state index contributed by atoms with van der Waals surface area (Å²) in [6, 6.07) is 7.13. The van der Waals surface area contributed by atoms with Gasteiger partial charge in [-0.15, -0.1) is 0 Å². The van der Waals surface area contributed by atoms with Gasteiger partial charge in [0.1, 0.15) is 5.69 Å². The third-order valence-corrected chi connectivity index (χ3v) is 2.96. The summed E-state index contributed by atoms with van der Waals surface area (Å²) in [4.78, 5) is 7.94. The van der Waals surface area contributed by atoms with Gasteiger partial charge in [-0.3, -0.25) is 0 Å². The Morgan fingerprint density at radius 1 is 1.22 bits per heavy atom. The first-order chi connectivity index (χ1) is 8.61. The number of hydrogen-bond acceptors (Lipinski definition) is 3. The van der Waals surface area contributed by atoms with Crippen LogP contribution in [0, 0.1) is 0 Å². The van der Waals surface area contributed by atoms with Gasteiger partial charge in [0, 0.05) is 28.3 Å². The molecule has 2 aromatic rings. The Bertz CT molecular complexity index is 544. The zero-order valence-electron chi connectivity index (χ0n) is 9.28. The number of rotatable bonds is 3. The molecule has 0 radical (unpaired) electrons. The first-order valence-electron chi connectivity index (χ1n) is 5.21. The Morgan fingerprint density at radius 3 is 2.44 bits per heavy atom. The molecule has 0 bridgehead atoms. The first kappa shape index (κ1) is 13.0. The zero-order chi connectivity index (χ0) is 13.1. The molecule has 0 saturated heterocycles. The molecule has 1 aromatic carbocycles. The third kappa shape index (κ3) is 2.70. The molecular weight excluding hydrogens is 304 g/mol. The monoisotopic (exact) mass is 313 g/mol. The van der Waals surface area contributed by atoms with E-state index in [9.17, 15) is 8.78 Å². The van der Waals surface area contributed by atoms with Gasteiger partial charge in [0.2, 0.25) is 0 Å². The highest BCUT2D eigenvalue weighted by Gasteiger charge is 2.16. The third-order valence-electron chi connectivity index (χ3n) is 2.43. The number of nitrogens with two attached hydrogens (primary N) is 1. The molecule has 2 N–H and O–H groups in total. The molecule has 1 aromatic heterocycles. The van der Waals surface area contributed by atoms with Crippen molar-refractivity contribution in [3.05, 3.63) is 46.2 Å². The molecule has 3 nitrogen and oxygen atoms in total. The summed E-state index contributed by atoms with van der Waals surface area (Å²) in [7, 11) is 0. The number of halogens is 3. The van der Waals surface area contributed by atoms with Gasteiger partial charge < -0.3 is 5.73 Å². The van der Waals surface area contributed by atoms with Gasteiger partial charge in [-0.2, -0.15) is 0 Å². The lowest BCUT2D eigenvalue weighted by Gasteiger charge is -2.08. The number of aromatic nitrogens is 2. The zero-order valence-corrected chi connectivity index (χ0v) is 10.9. The minimum absolute atomic E-state index is 0.000289. The standard InChI is InChI=1S/C12H10BrF2N3/c13-9-3-1-7(2-4-9)12-17-6-8(5-16)10(18-12)11(14)15/h1-4,6,11H,5,16H2. The molecule has 0 atom stereocenters. The van der Waals surface area contributed by atoms with E-state index in [1.165, 1.54) is 6.20 Å². The van der Waals surface area contributed by atoms with Crippen LogP contribution in [0.4, 0.5) is 8.78 Å². The van der Waals surface area contributed by atoms with Crippen molar-refractivity contribution < 1.29 is 8.78 Å². The molecular formula is C12H10BrF2N3. The lowest BCUT2D eigenvalue weighted by molar-refractivity contribution is 0.144. The van der Waals surface area contributed by atoms with Crippen molar-refractivity contribution in [3.63, 3.8) is 0 Å². The van der Waals surface area contributed by atoms with E-state index in [0.717, 1.165) is 4.47 Å². The molecule has 18 heavy (non-hydrogen) atoms. The predicted octanol–water partition coefficient (Wildman–Crippen LogP) is 3.30. The maximum atomic E-state index is 12.8. The van der Waals surface area contributed by atoms with Crippen molar-refractivity contribution in [3.8, 4) is 11.4 Å². The molecule has 0 unspecified atom stereocenters. The average molecular weight is 314 g/mol. The Hall–Kier alpha value is -1.40. The summed E-state index contributed by atoms with van der Waals surface area (Å²) in [6.07, 6.45) is -1.30. The van der Waals surface area contributed by atoms with Gasteiger partial charge in [-0.1, -0.05) is 28.1 Å². The highest BCUT2D eigenvalue weighted by Crippen LogP contribution is 2.24. The highest BCUT2D eigenvalue weighted by atomic mass is 79.9. The smallest absolute Gasteiger partial charge is 0.280 e. The molecule has 6 heteroatoms. The van der Waals surface area contributed by atoms with Crippen LogP contribution in [-0.4, -0.2) is 9.97 Å². The number of hydrogen-bond donors (Lipinski definition) is 1. The quantitative estimate of drug-likeness (QED) is 0.946. The second-order valence-electron chi connectivity index (χ2n) is 3.62. The van der Waals surface area contributed by atoms with Gasteiger partial charge in [-0.25, -0.2) is 18.7 Å². The molecule has 0 spiro atoms. The van der Waals surface area contributed by atoms with Crippen LogP contribution in [0.1, 0.15) is 17.7 Å². The molecule has 2 rings (SSSR count). The van der Waals surface area contributed by atoms with Crippen molar-refractivity contribution in [2.75, 3.05) is 0 Å². The van der Waals surface area contributed by atoms with Crippen LogP contribution >= 0.6 is 15.9 Å². The minimum Gasteiger partial charge on any atom is -0.326 e. The normalized spacial score (nSPS) is 10.9. The summed E-state index contributed by atoms with van der Waals surface area (Å²) < 4.78 is 26.5. The molecule has 0 amide bonds. The molecule has 0 aliphatic heterocycles. The van der Waals surface area contributed by atoms with Crippen LogP contribution in [0.3, 0.4) is 0 Å². The maximum absolute atomic E-state index is 12.8. The molecule has 0 fully saturated rings. The Kier molecular flexibility index (Phi) is 3.98. The first-order valence-corrected chi connectivity index (χ1v) is 6.01. The minimum atomic E-state index is -2.65. The summed E-state index contributed by atoms with van der Waals surface area (Å²) in [5.74, 6) is 0.273. The van der Waals surface area contributed by atoms with Gasteiger partial charge in [-0.05, 0) is 12.1 Å². The van der Waals surface area contributed by atoms with Crippen LogP contribution in [0.25, 0.3) is 11.4 Å². The molecule has 0 saturated carbocycles. The van der Waals surface area contributed by atoms with Crippen molar-refractivity contribution in [1.29, 1.82) is 0 Å². The number of benzene rings is 1. The lowest BCUT2D eigenvalue weighted by Crippen LogP contribution is -2.06. The maximum Gasteiger partial charge on any atom is 0.280 e. The largest absolute Gasteiger partial charge is 0.326 e. The topological polar surface area (TPSA) is 51.8 Å². The van der Waals surface area contributed by atoms with Crippen molar-refractivity contribution in [2.24, 2.45) is 5.73 Å². The summed E-state index contributed by atoms with van der Waals surface area (Å²) in [5.41, 5.74) is 6.03. The van der Waals surface area contributed by atoms with Gasteiger partial charge in [0.25, 0.3) is 6.43 Å². The van der Waals surface area contributed by atoms with Crippen LogP contribution in [0.2, 0.25) is 0 Å². The fourth-order valence-corrected chi connectivity index (χ4v) is 1.77. The summed E-state index contributed by atoms with van der Waals surface area (Å²) in [6.45, 7) is 0.000289. The molecule has 1 heterocycles. The molecule has 0 aliphatic rings. The van der Waals surface area contributed by atoms with E-state index >= 15 is 0 Å². The van der Waals surface area contributed by atoms with Gasteiger partial charge >= 0.3 is 0 Å². The summed E-state index contributed by atoms with van der Waals surface area (Å²) >= 11 is 3.30. The van der Waals surface area contributed by atoms with E-state index in [1.807, 2.05) is 0 Å². The second kappa shape index (κ2) is 5.49. The SMILES string of the molecule is NCc1cnc(-c2ccc(Br)cc2)nc1C(F)F. The van der Waals surface area contributed by atoms with E-state index in [0.29, 0.717) is 5.56 Å². The number of alkyl halides is 2. The summed E-state index contributed by atoms with van der Waals surface area (Å²) in [5, 5.41) is 0. The Labute approximate surface area is 111 Å². The molecule has 0 aliphatic carbocycles. The van der Waals surface area contributed by atoms with Crippen molar-refractivity contribution >= 4 is 15.9 Å². The van der Waals surface area contributed by atoms with Crippen LogP contribution < -0.4 is 5.73 Å². The number of nitrogens with zero attached hydrogens (tertiary/aromatic N) is 2. The Morgan fingerprint density at radius 2 is 1.89 bits per heavy atom. The van der Waals surface area contributed by atoms with E-state index in [1.54, 1.807) is 24.3 Å². The average Bonchev–Trinajstić information content (AvgIpc) is 2.39.